The number of aromatic nitrogens is 4. The van der Waals surface area contributed by atoms with E-state index in [2.05, 4.69) is 20.5 Å². The highest BCUT2D eigenvalue weighted by atomic mass is 16.1. The summed E-state index contributed by atoms with van der Waals surface area (Å²) >= 11 is 0. The van der Waals surface area contributed by atoms with Crippen LogP contribution in [0.25, 0.3) is 11.9 Å². The Morgan fingerprint density at radius 2 is 1.82 bits per heavy atom. The number of nitrogens with one attached hydrogen (secondary N) is 1. The van der Waals surface area contributed by atoms with Gasteiger partial charge in [0.05, 0.1) is 11.9 Å². The SMILES string of the molecule is O=C(/C=C/c1ccccc1)Nc1ccc(-n2cnnc2)nc1. The number of carbonyl (C=O) groups excluding carboxylic acids is 1. The standard InChI is InChI=1S/C16H13N5O/c22-16(9-6-13-4-2-1-3-5-13)20-14-7-8-15(17-10-14)21-11-18-19-12-21/h1-12H,(H,20,22)/b9-6+. The number of anilines is 1. The highest BCUT2D eigenvalue weighted by Crippen LogP contribution is 2.09. The van der Waals surface area contributed by atoms with Gasteiger partial charge in [-0.25, -0.2) is 4.98 Å². The van der Waals surface area contributed by atoms with Gasteiger partial charge in [-0.1, -0.05) is 30.3 Å². The molecule has 3 aromatic rings. The zero-order chi connectivity index (χ0) is 15.2. The van der Waals surface area contributed by atoms with Gasteiger partial charge in [0.25, 0.3) is 0 Å². The normalized spacial score (nSPS) is 10.7. The van der Waals surface area contributed by atoms with Gasteiger partial charge in [0.15, 0.2) is 0 Å². The maximum atomic E-state index is 11.8. The Morgan fingerprint density at radius 1 is 1.05 bits per heavy atom. The third kappa shape index (κ3) is 3.43. The molecule has 1 N–H and O–H groups in total. The maximum absolute atomic E-state index is 11.8. The van der Waals surface area contributed by atoms with E-state index < -0.39 is 0 Å². The van der Waals surface area contributed by atoms with Gasteiger partial charge in [0.2, 0.25) is 5.91 Å². The van der Waals surface area contributed by atoms with Crippen LogP contribution in [-0.4, -0.2) is 25.7 Å². The summed E-state index contributed by atoms with van der Waals surface area (Å²) in [4.78, 5) is 16.1. The van der Waals surface area contributed by atoms with Crippen LogP contribution in [0.1, 0.15) is 5.56 Å². The molecule has 6 heteroatoms. The fraction of sp³-hybridized carbons (Fsp3) is 0. The Bertz CT molecular complexity index is 764. The number of nitrogens with zero attached hydrogens (tertiary/aromatic N) is 4. The number of benzene rings is 1. The van der Waals surface area contributed by atoms with Crippen molar-refractivity contribution in [3.63, 3.8) is 0 Å². The maximum Gasteiger partial charge on any atom is 0.248 e. The number of pyridine rings is 1. The molecule has 0 saturated heterocycles. The molecule has 0 fully saturated rings. The van der Waals surface area contributed by atoms with Crippen molar-refractivity contribution in [1.82, 2.24) is 19.7 Å². The predicted molar refractivity (Wildman–Crippen MR) is 83.3 cm³/mol. The Balaban J connectivity index is 1.63. The first-order chi connectivity index (χ1) is 10.8. The van der Waals surface area contributed by atoms with Gasteiger partial charge in [-0.05, 0) is 23.8 Å². The Hall–Kier alpha value is -3.28. The van der Waals surface area contributed by atoms with Crippen LogP contribution in [0.3, 0.4) is 0 Å². The van der Waals surface area contributed by atoms with Gasteiger partial charge in [-0.15, -0.1) is 10.2 Å². The van der Waals surface area contributed by atoms with Crippen LogP contribution in [0.2, 0.25) is 0 Å². The van der Waals surface area contributed by atoms with Crippen molar-refractivity contribution in [2.24, 2.45) is 0 Å². The summed E-state index contributed by atoms with van der Waals surface area (Å²) in [5.74, 6) is 0.477. The number of carbonyl (C=O) groups is 1. The summed E-state index contributed by atoms with van der Waals surface area (Å²) in [7, 11) is 0. The van der Waals surface area contributed by atoms with Crippen LogP contribution in [0, 0.1) is 0 Å². The van der Waals surface area contributed by atoms with Gasteiger partial charge in [0.1, 0.15) is 18.5 Å². The molecule has 0 aliphatic carbocycles. The van der Waals surface area contributed by atoms with Crippen molar-refractivity contribution in [3.05, 3.63) is 73.0 Å². The second-order valence-corrected chi connectivity index (χ2v) is 4.51. The molecule has 0 radical (unpaired) electrons. The van der Waals surface area contributed by atoms with E-state index >= 15 is 0 Å². The van der Waals surface area contributed by atoms with Crippen LogP contribution in [0.15, 0.2) is 67.4 Å². The molecule has 0 aliphatic rings. The average molecular weight is 291 g/mol. The first-order valence-corrected chi connectivity index (χ1v) is 6.66. The molecular formula is C16H13N5O. The average Bonchev–Trinajstić information content (AvgIpc) is 3.09. The quantitative estimate of drug-likeness (QED) is 0.749. The summed E-state index contributed by atoms with van der Waals surface area (Å²) in [6.07, 6.45) is 7.95. The molecule has 2 aromatic heterocycles. The largest absolute Gasteiger partial charge is 0.321 e. The summed E-state index contributed by atoms with van der Waals surface area (Å²) in [5, 5.41) is 10.2. The Kier molecular flexibility index (Phi) is 4.01. The van der Waals surface area contributed by atoms with Crippen LogP contribution >= 0.6 is 0 Å². The van der Waals surface area contributed by atoms with E-state index in [0.717, 1.165) is 5.56 Å². The highest BCUT2D eigenvalue weighted by Gasteiger charge is 2.01. The van der Waals surface area contributed by atoms with E-state index in [1.807, 2.05) is 30.3 Å². The smallest absolute Gasteiger partial charge is 0.248 e. The second-order valence-electron chi connectivity index (χ2n) is 4.51. The molecule has 0 aliphatic heterocycles. The van der Waals surface area contributed by atoms with Crippen molar-refractivity contribution >= 4 is 17.7 Å². The van der Waals surface area contributed by atoms with Gasteiger partial charge < -0.3 is 5.32 Å². The third-order valence-electron chi connectivity index (χ3n) is 2.93. The molecule has 0 bridgehead atoms. The van der Waals surface area contributed by atoms with Gasteiger partial charge in [-0.3, -0.25) is 9.36 Å². The van der Waals surface area contributed by atoms with Crippen molar-refractivity contribution in [3.8, 4) is 5.82 Å². The number of hydrogen-bond donors (Lipinski definition) is 1. The van der Waals surface area contributed by atoms with E-state index in [9.17, 15) is 4.79 Å². The lowest BCUT2D eigenvalue weighted by molar-refractivity contribution is -0.111. The zero-order valence-electron chi connectivity index (χ0n) is 11.6. The summed E-state index contributed by atoms with van der Waals surface area (Å²) in [6, 6.07) is 13.2. The molecule has 6 nitrogen and oxygen atoms in total. The molecule has 0 unspecified atom stereocenters. The van der Waals surface area contributed by atoms with Crippen LogP contribution in [0.4, 0.5) is 5.69 Å². The first-order valence-electron chi connectivity index (χ1n) is 6.66. The van der Waals surface area contributed by atoms with E-state index in [0.29, 0.717) is 11.5 Å². The van der Waals surface area contributed by atoms with E-state index in [1.54, 1.807) is 41.6 Å². The number of hydrogen-bond acceptors (Lipinski definition) is 4. The molecule has 0 atom stereocenters. The molecular weight excluding hydrogens is 278 g/mol. The highest BCUT2D eigenvalue weighted by molar-refractivity contribution is 6.01. The molecule has 22 heavy (non-hydrogen) atoms. The van der Waals surface area contributed by atoms with E-state index in [1.165, 1.54) is 6.08 Å². The monoisotopic (exact) mass is 291 g/mol. The van der Waals surface area contributed by atoms with Crippen molar-refractivity contribution in [2.45, 2.75) is 0 Å². The molecule has 1 amide bonds. The Morgan fingerprint density at radius 3 is 2.50 bits per heavy atom. The van der Waals surface area contributed by atoms with Crippen molar-refractivity contribution in [1.29, 1.82) is 0 Å². The van der Waals surface area contributed by atoms with Gasteiger partial charge in [0, 0.05) is 6.08 Å². The minimum Gasteiger partial charge on any atom is -0.321 e. The summed E-state index contributed by atoms with van der Waals surface area (Å²) < 4.78 is 1.68. The topological polar surface area (TPSA) is 72.7 Å². The van der Waals surface area contributed by atoms with Gasteiger partial charge in [-0.2, -0.15) is 0 Å². The van der Waals surface area contributed by atoms with Crippen molar-refractivity contribution in [2.75, 3.05) is 5.32 Å². The lowest BCUT2D eigenvalue weighted by Crippen LogP contribution is -2.08. The number of rotatable bonds is 4. The minimum atomic E-state index is -0.206. The third-order valence-corrected chi connectivity index (χ3v) is 2.93. The molecule has 2 heterocycles. The minimum absolute atomic E-state index is 0.206. The van der Waals surface area contributed by atoms with E-state index in [-0.39, 0.29) is 5.91 Å². The van der Waals surface area contributed by atoms with Crippen LogP contribution in [0.5, 0.6) is 0 Å². The molecule has 0 saturated carbocycles. The van der Waals surface area contributed by atoms with Crippen LogP contribution < -0.4 is 5.32 Å². The fourth-order valence-corrected chi connectivity index (χ4v) is 1.85. The molecule has 108 valence electrons. The molecule has 0 spiro atoms. The lowest BCUT2D eigenvalue weighted by atomic mass is 10.2. The van der Waals surface area contributed by atoms with Gasteiger partial charge >= 0.3 is 0 Å². The van der Waals surface area contributed by atoms with Crippen LogP contribution in [-0.2, 0) is 4.79 Å². The first kappa shape index (κ1) is 13.7. The van der Waals surface area contributed by atoms with Crippen molar-refractivity contribution < 1.29 is 4.79 Å². The fourth-order valence-electron chi connectivity index (χ4n) is 1.85. The van der Waals surface area contributed by atoms with E-state index in [4.69, 9.17) is 0 Å². The molecule has 1 aromatic carbocycles. The second kappa shape index (κ2) is 6.45. The molecule has 3 rings (SSSR count). The zero-order valence-corrected chi connectivity index (χ0v) is 11.6. The lowest BCUT2D eigenvalue weighted by Gasteiger charge is -2.03. The predicted octanol–water partition coefficient (Wildman–Crippen LogP) is 2.31. The number of amides is 1. The summed E-state index contributed by atoms with van der Waals surface area (Å²) in [5.41, 5.74) is 1.60. The summed E-state index contributed by atoms with van der Waals surface area (Å²) in [6.45, 7) is 0. The Labute approximate surface area is 127 Å².